The number of carboxylic acids is 1. The van der Waals surface area contributed by atoms with Gasteiger partial charge in [-0.05, 0) is 42.2 Å². The van der Waals surface area contributed by atoms with Gasteiger partial charge in [-0.25, -0.2) is 0 Å². The van der Waals surface area contributed by atoms with Crippen LogP contribution in [0.15, 0.2) is 46.9 Å². The van der Waals surface area contributed by atoms with Crippen LogP contribution in [-0.2, 0) is 11.2 Å². The molecular formula is C16H14BrClO2. The van der Waals surface area contributed by atoms with E-state index in [4.69, 9.17) is 11.6 Å². The summed E-state index contributed by atoms with van der Waals surface area (Å²) in [5.74, 6) is -1.42. The van der Waals surface area contributed by atoms with Crippen molar-refractivity contribution < 1.29 is 9.90 Å². The van der Waals surface area contributed by atoms with Gasteiger partial charge in [0.25, 0.3) is 0 Å². The van der Waals surface area contributed by atoms with Gasteiger partial charge in [0.2, 0.25) is 0 Å². The lowest BCUT2D eigenvalue weighted by Gasteiger charge is -2.16. The Morgan fingerprint density at radius 1 is 1.30 bits per heavy atom. The van der Waals surface area contributed by atoms with Crippen LogP contribution < -0.4 is 0 Å². The molecule has 2 aromatic rings. The van der Waals surface area contributed by atoms with Gasteiger partial charge in [-0.3, -0.25) is 4.79 Å². The quantitative estimate of drug-likeness (QED) is 0.855. The third-order valence-corrected chi connectivity index (χ3v) is 4.15. The van der Waals surface area contributed by atoms with Crippen molar-refractivity contribution in [2.45, 2.75) is 19.3 Å². The fraction of sp³-hybridized carbons (Fsp3) is 0.188. The van der Waals surface area contributed by atoms with Crippen molar-refractivity contribution in [2.24, 2.45) is 0 Å². The van der Waals surface area contributed by atoms with Gasteiger partial charge >= 0.3 is 5.97 Å². The van der Waals surface area contributed by atoms with Gasteiger partial charge in [0.05, 0.1) is 5.92 Å². The van der Waals surface area contributed by atoms with Crippen molar-refractivity contribution in [2.75, 3.05) is 0 Å². The highest BCUT2D eigenvalue weighted by Crippen LogP contribution is 2.29. The lowest BCUT2D eigenvalue weighted by molar-refractivity contribution is -0.138. The number of hydrogen-bond acceptors (Lipinski definition) is 1. The van der Waals surface area contributed by atoms with E-state index in [0.717, 1.165) is 21.2 Å². The monoisotopic (exact) mass is 352 g/mol. The van der Waals surface area contributed by atoms with Gasteiger partial charge in [-0.1, -0.05) is 57.9 Å². The standard InChI is InChI=1S/C16H14BrClO2/c1-10-4-2-3-5-13(10)14(16(19)20)8-11-6-7-12(17)9-15(11)18/h2-7,9,14H,8H2,1H3,(H,19,20). The second-order valence-corrected chi connectivity index (χ2v) is 6.01. The zero-order valence-corrected chi connectivity index (χ0v) is 13.3. The molecule has 2 aromatic carbocycles. The van der Waals surface area contributed by atoms with Crippen molar-refractivity contribution >= 4 is 33.5 Å². The van der Waals surface area contributed by atoms with E-state index in [2.05, 4.69) is 15.9 Å². The highest BCUT2D eigenvalue weighted by molar-refractivity contribution is 9.10. The highest BCUT2D eigenvalue weighted by Gasteiger charge is 2.22. The van der Waals surface area contributed by atoms with Crippen molar-refractivity contribution in [1.82, 2.24) is 0 Å². The number of aliphatic carboxylic acids is 1. The van der Waals surface area contributed by atoms with E-state index in [1.54, 1.807) is 6.07 Å². The molecule has 0 spiro atoms. The summed E-state index contributed by atoms with van der Waals surface area (Å²) in [5.41, 5.74) is 2.65. The lowest BCUT2D eigenvalue weighted by Crippen LogP contribution is -2.15. The number of halogens is 2. The van der Waals surface area contributed by atoms with E-state index < -0.39 is 11.9 Å². The van der Waals surface area contributed by atoms with Crippen LogP contribution in [0.2, 0.25) is 5.02 Å². The third kappa shape index (κ3) is 3.41. The van der Waals surface area contributed by atoms with Crippen molar-refractivity contribution in [3.8, 4) is 0 Å². The minimum Gasteiger partial charge on any atom is -0.481 e. The van der Waals surface area contributed by atoms with Gasteiger partial charge in [0.15, 0.2) is 0 Å². The molecule has 20 heavy (non-hydrogen) atoms. The predicted octanol–water partition coefficient (Wildman–Crippen LogP) is 4.82. The third-order valence-electron chi connectivity index (χ3n) is 3.30. The number of aryl methyl sites for hydroxylation is 1. The van der Waals surface area contributed by atoms with Gasteiger partial charge in [0, 0.05) is 9.50 Å². The van der Waals surface area contributed by atoms with E-state index in [1.807, 2.05) is 43.3 Å². The van der Waals surface area contributed by atoms with Gasteiger partial charge in [-0.15, -0.1) is 0 Å². The molecule has 104 valence electrons. The summed E-state index contributed by atoms with van der Waals surface area (Å²) in [7, 11) is 0. The molecule has 0 saturated carbocycles. The Morgan fingerprint density at radius 2 is 2.00 bits per heavy atom. The average Bonchev–Trinajstić information content (AvgIpc) is 2.39. The molecule has 0 aliphatic heterocycles. The second kappa shape index (κ2) is 6.42. The highest BCUT2D eigenvalue weighted by atomic mass is 79.9. The zero-order valence-electron chi connectivity index (χ0n) is 10.9. The molecule has 0 amide bonds. The Balaban J connectivity index is 2.36. The number of carboxylic acid groups (broad SMARTS) is 1. The summed E-state index contributed by atoms with van der Waals surface area (Å²) in [5, 5.41) is 10.1. The molecule has 0 radical (unpaired) electrons. The molecule has 1 unspecified atom stereocenters. The van der Waals surface area contributed by atoms with Crippen LogP contribution >= 0.6 is 27.5 Å². The molecular weight excluding hydrogens is 340 g/mol. The second-order valence-electron chi connectivity index (χ2n) is 4.69. The SMILES string of the molecule is Cc1ccccc1C(Cc1ccc(Br)cc1Cl)C(=O)O. The van der Waals surface area contributed by atoms with E-state index in [1.165, 1.54) is 0 Å². The lowest BCUT2D eigenvalue weighted by atomic mass is 9.89. The fourth-order valence-corrected chi connectivity index (χ4v) is 2.97. The van der Waals surface area contributed by atoms with Crippen LogP contribution in [0.5, 0.6) is 0 Å². The molecule has 1 atom stereocenters. The minimum atomic E-state index is -0.835. The first-order valence-corrected chi connectivity index (χ1v) is 7.38. The summed E-state index contributed by atoms with van der Waals surface area (Å²) in [6.07, 6.45) is 0.381. The Hall–Kier alpha value is -1.32. The molecule has 1 N–H and O–H groups in total. The Kier molecular flexibility index (Phi) is 4.84. The summed E-state index contributed by atoms with van der Waals surface area (Å²) < 4.78 is 0.883. The maximum absolute atomic E-state index is 11.6. The maximum Gasteiger partial charge on any atom is 0.311 e. The summed E-state index contributed by atoms with van der Waals surface area (Å²) in [6, 6.07) is 13.1. The van der Waals surface area contributed by atoms with Crippen LogP contribution in [0.4, 0.5) is 0 Å². The fourth-order valence-electron chi connectivity index (χ4n) is 2.22. The van der Waals surface area contributed by atoms with Gasteiger partial charge in [-0.2, -0.15) is 0 Å². The molecule has 0 aliphatic rings. The Bertz CT molecular complexity index is 640. The molecule has 2 nitrogen and oxygen atoms in total. The summed E-state index contributed by atoms with van der Waals surface area (Å²) >= 11 is 9.53. The maximum atomic E-state index is 11.6. The van der Waals surface area contributed by atoms with Crippen molar-refractivity contribution in [1.29, 1.82) is 0 Å². The topological polar surface area (TPSA) is 37.3 Å². The number of carbonyl (C=O) groups is 1. The van der Waals surface area contributed by atoms with Crippen LogP contribution in [0.1, 0.15) is 22.6 Å². The van der Waals surface area contributed by atoms with E-state index in [-0.39, 0.29) is 0 Å². The smallest absolute Gasteiger partial charge is 0.311 e. The van der Waals surface area contributed by atoms with Crippen LogP contribution in [0.3, 0.4) is 0 Å². The largest absolute Gasteiger partial charge is 0.481 e. The predicted molar refractivity (Wildman–Crippen MR) is 84.4 cm³/mol. The first kappa shape index (κ1) is 15.1. The van der Waals surface area contributed by atoms with Gasteiger partial charge < -0.3 is 5.11 Å². The first-order valence-electron chi connectivity index (χ1n) is 6.21. The van der Waals surface area contributed by atoms with Crippen molar-refractivity contribution in [3.63, 3.8) is 0 Å². The Labute approximate surface area is 131 Å². The number of benzene rings is 2. The van der Waals surface area contributed by atoms with Crippen LogP contribution in [-0.4, -0.2) is 11.1 Å². The van der Waals surface area contributed by atoms with Crippen LogP contribution in [0, 0.1) is 6.92 Å². The molecule has 2 rings (SSSR count). The number of hydrogen-bond donors (Lipinski definition) is 1. The molecule has 0 bridgehead atoms. The van der Waals surface area contributed by atoms with E-state index >= 15 is 0 Å². The first-order chi connectivity index (χ1) is 9.49. The number of rotatable bonds is 4. The molecule has 0 heterocycles. The molecule has 0 aliphatic carbocycles. The minimum absolute atomic E-state index is 0.381. The summed E-state index contributed by atoms with van der Waals surface area (Å²) in [4.78, 5) is 11.6. The van der Waals surface area contributed by atoms with E-state index in [0.29, 0.717) is 11.4 Å². The Morgan fingerprint density at radius 3 is 2.60 bits per heavy atom. The van der Waals surface area contributed by atoms with Crippen molar-refractivity contribution in [3.05, 3.63) is 68.7 Å². The zero-order chi connectivity index (χ0) is 14.7. The molecule has 4 heteroatoms. The summed E-state index contributed by atoms with van der Waals surface area (Å²) in [6.45, 7) is 1.93. The molecule has 0 aromatic heterocycles. The average molecular weight is 354 g/mol. The van der Waals surface area contributed by atoms with Gasteiger partial charge in [0.1, 0.15) is 0 Å². The molecule has 0 saturated heterocycles. The molecule has 0 fully saturated rings. The van der Waals surface area contributed by atoms with Crippen LogP contribution in [0.25, 0.3) is 0 Å². The normalized spacial score (nSPS) is 12.2. The van der Waals surface area contributed by atoms with E-state index in [9.17, 15) is 9.90 Å².